The maximum absolute atomic E-state index is 4.51. The minimum absolute atomic E-state index is 0.820. The van der Waals surface area contributed by atoms with E-state index in [0.717, 1.165) is 39.3 Å². The first-order valence-electron chi connectivity index (χ1n) is 8.08. The Kier molecular flexibility index (Phi) is 4.01. The molecule has 0 aliphatic heterocycles. The molecular weight excluding hydrogens is 308 g/mol. The number of nitrogens with zero attached hydrogens (tertiary/aromatic N) is 4. The standard InChI is InChI=1S/C21H16N4/c1-15-13-17(20-8-3-5-11-23-20)18(21-9-6-12-24-25-21)14-16(15)19-7-2-4-10-22-19/h2-14H,1H3. The molecule has 0 bridgehead atoms. The third-order valence-corrected chi connectivity index (χ3v) is 4.09. The van der Waals surface area contributed by atoms with Crippen LogP contribution in [-0.4, -0.2) is 20.2 Å². The first kappa shape index (κ1) is 15.1. The van der Waals surface area contributed by atoms with Crippen LogP contribution in [0.5, 0.6) is 0 Å². The van der Waals surface area contributed by atoms with Gasteiger partial charge in [-0.3, -0.25) is 9.97 Å². The highest BCUT2D eigenvalue weighted by atomic mass is 15.1. The van der Waals surface area contributed by atoms with Crippen LogP contribution < -0.4 is 0 Å². The third kappa shape index (κ3) is 3.02. The van der Waals surface area contributed by atoms with Crippen LogP contribution in [0.25, 0.3) is 33.8 Å². The van der Waals surface area contributed by atoms with Crippen LogP contribution in [0.15, 0.2) is 79.3 Å². The molecule has 0 radical (unpaired) electrons. The van der Waals surface area contributed by atoms with Crippen molar-refractivity contribution in [3.8, 4) is 33.8 Å². The summed E-state index contributed by atoms with van der Waals surface area (Å²) in [4.78, 5) is 9.01. The predicted molar refractivity (Wildman–Crippen MR) is 98.7 cm³/mol. The summed E-state index contributed by atoms with van der Waals surface area (Å²) >= 11 is 0. The number of aromatic nitrogens is 4. The maximum Gasteiger partial charge on any atom is 0.0936 e. The van der Waals surface area contributed by atoms with E-state index in [1.54, 1.807) is 12.4 Å². The zero-order valence-electron chi connectivity index (χ0n) is 13.8. The molecule has 3 heterocycles. The van der Waals surface area contributed by atoms with Gasteiger partial charge in [-0.05, 0) is 61.0 Å². The molecule has 3 aromatic heterocycles. The van der Waals surface area contributed by atoms with Crippen LogP contribution in [-0.2, 0) is 0 Å². The summed E-state index contributed by atoms with van der Waals surface area (Å²) in [5, 5.41) is 8.34. The number of rotatable bonds is 3. The van der Waals surface area contributed by atoms with Gasteiger partial charge in [0.25, 0.3) is 0 Å². The molecule has 4 nitrogen and oxygen atoms in total. The van der Waals surface area contributed by atoms with Crippen molar-refractivity contribution in [2.75, 3.05) is 0 Å². The molecule has 0 aliphatic carbocycles. The summed E-state index contributed by atoms with van der Waals surface area (Å²) in [6.07, 6.45) is 5.29. The summed E-state index contributed by atoms with van der Waals surface area (Å²) in [6.45, 7) is 2.09. The minimum atomic E-state index is 0.820. The maximum atomic E-state index is 4.51. The number of benzene rings is 1. The first-order valence-corrected chi connectivity index (χ1v) is 8.08. The van der Waals surface area contributed by atoms with Gasteiger partial charge in [-0.2, -0.15) is 10.2 Å². The van der Waals surface area contributed by atoms with E-state index in [1.165, 1.54) is 0 Å². The van der Waals surface area contributed by atoms with Crippen molar-refractivity contribution in [2.45, 2.75) is 6.92 Å². The van der Waals surface area contributed by atoms with Gasteiger partial charge in [-0.15, -0.1) is 0 Å². The van der Waals surface area contributed by atoms with E-state index >= 15 is 0 Å². The Morgan fingerprint density at radius 3 is 1.84 bits per heavy atom. The first-order chi connectivity index (χ1) is 12.3. The number of pyridine rings is 2. The molecule has 120 valence electrons. The number of hydrogen-bond acceptors (Lipinski definition) is 4. The second-order valence-electron chi connectivity index (χ2n) is 5.75. The van der Waals surface area contributed by atoms with Crippen LogP contribution in [0.3, 0.4) is 0 Å². The highest BCUT2D eigenvalue weighted by Gasteiger charge is 2.14. The minimum Gasteiger partial charge on any atom is -0.256 e. The Bertz CT molecular complexity index is 984. The van der Waals surface area contributed by atoms with Gasteiger partial charge in [0.05, 0.1) is 17.1 Å². The molecule has 0 atom stereocenters. The molecule has 4 heteroatoms. The topological polar surface area (TPSA) is 51.6 Å². The molecule has 0 unspecified atom stereocenters. The molecular formula is C21H16N4. The normalized spacial score (nSPS) is 10.6. The second-order valence-corrected chi connectivity index (χ2v) is 5.75. The van der Waals surface area contributed by atoms with Gasteiger partial charge in [0.2, 0.25) is 0 Å². The summed E-state index contributed by atoms with van der Waals surface area (Å²) in [5.74, 6) is 0. The Hall–Kier alpha value is -3.40. The number of aryl methyl sites for hydroxylation is 1. The molecule has 0 fully saturated rings. The molecule has 1 aromatic carbocycles. The molecule has 0 saturated carbocycles. The van der Waals surface area contributed by atoms with Gasteiger partial charge >= 0.3 is 0 Å². The zero-order valence-corrected chi connectivity index (χ0v) is 13.8. The van der Waals surface area contributed by atoms with Gasteiger partial charge in [-0.25, -0.2) is 0 Å². The molecule has 0 saturated heterocycles. The van der Waals surface area contributed by atoms with Crippen LogP contribution >= 0.6 is 0 Å². The van der Waals surface area contributed by atoms with Crippen molar-refractivity contribution >= 4 is 0 Å². The van der Waals surface area contributed by atoms with E-state index < -0.39 is 0 Å². The quantitative estimate of drug-likeness (QED) is 0.553. The van der Waals surface area contributed by atoms with Crippen molar-refractivity contribution in [2.24, 2.45) is 0 Å². The molecule has 0 aliphatic rings. The van der Waals surface area contributed by atoms with E-state index in [-0.39, 0.29) is 0 Å². The Morgan fingerprint density at radius 2 is 1.24 bits per heavy atom. The van der Waals surface area contributed by atoms with E-state index in [9.17, 15) is 0 Å². The largest absolute Gasteiger partial charge is 0.256 e. The van der Waals surface area contributed by atoms with Crippen LogP contribution in [0, 0.1) is 6.92 Å². The Balaban J connectivity index is 1.98. The summed E-state index contributed by atoms with van der Waals surface area (Å²) in [5.41, 5.74) is 6.95. The van der Waals surface area contributed by atoms with Crippen molar-refractivity contribution in [1.82, 2.24) is 20.2 Å². The zero-order chi connectivity index (χ0) is 17.1. The fourth-order valence-corrected chi connectivity index (χ4v) is 2.90. The average molecular weight is 324 g/mol. The van der Waals surface area contributed by atoms with Crippen LogP contribution in [0.2, 0.25) is 0 Å². The van der Waals surface area contributed by atoms with E-state index in [2.05, 4.69) is 39.2 Å². The second kappa shape index (κ2) is 6.61. The highest BCUT2D eigenvalue weighted by molar-refractivity contribution is 5.85. The number of hydrogen-bond donors (Lipinski definition) is 0. The summed E-state index contributed by atoms with van der Waals surface area (Å²) < 4.78 is 0. The lowest BCUT2D eigenvalue weighted by Crippen LogP contribution is -1.95. The molecule has 25 heavy (non-hydrogen) atoms. The van der Waals surface area contributed by atoms with Gasteiger partial charge in [-0.1, -0.05) is 12.1 Å². The third-order valence-electron chi connectivity index (χ3n) is 4.09. The molecule has 4 rings (SSSR count). The van der Waals surface area contributed by atoms with E-state index in [1.807, 2.05) is 54.7 Å². The average Bonchev–Trinajstić information content (AvgIpc) is 2.70. The van der Waals surface area contributed by atoms with E-state index in [0.29, 0.717) is 0 Å². The fourth-order valence-electron chi connectivity index (χ4n) is 2.90. The smallest absolute Gasteiger partial charge is 0.0936 e. The van der Waals surface area contributed by atoms with Gasteiger partial charge in [0, 0.05) is 35.3 Å². The van der Waals surface area contributed by atoms with Gasteiger partial charge in [0.15, 0.2) is 0 Å². The lowest BCUT2D eigenvalue weighted by Gasteiger charge is -2.14. The van der Waals surface area contributed by atoms with E-state index in [4.69, 9.17) is 0 Å². The Labute approximate surface area is 146 Å². The monoisotopic (exact) mass is 324 g/mol. The summed E-state index contributed by atoms with van der Waals surface area (Å²) in [7, 11) is 0. The fraction of sp³-hybridized carbons (Fsp3) is 0.0476. The highest BCUT2D eigenvalue weighted by Crippen LogP contribution is 2.35. The van der Waals surface area contributed by atoms with Crippen molar-refractivity contribution in [3.05, 3.63) is 84.8 Å². The molecule has 0 N–H and O–H groups in total. The van der Waals surface area contributed by atoms with Crippen molar-refractivity contribution in [3.63, 3.8) is 0 Å². The van der Waals surface area contributed by atoms with Crippen molar-refractivity contribution < 1.29 is 0 Å². The molecule has 4 aromatic rings. The molecule has 0 spiro atoms. The van der Waals surface area contributed by atoms with Crippen LogP contribution in [0.4, 0.5) is 0 Å². The molecule has 0 amide bonds. The summed E-state index contributed by atoms with van der Waals surface area (Å²) in [6, 6.07) is 20.0. The lowest BCUT2D eigenvalue weighted by atomic mass is 9.93. The van der Waals surface area contributed by atoms with Gasteiger partial charge < -0.3 is 0 Å². The lowest BCUT2D eigenvalue weighted by molar-refractivity contribution is 1.04. The van der Waals surface area contributed by atoms with Crippen molar-refractivity contribution in [1.29, 1.82) is 0 Å². The Morgan fingerprint density at radius 1 is 0.600 bits per heavy atom. The predicted octanol–water partition coefficient (Wildman–Crippen LogP) is 4.58. The van der Waals surface area contributed by atoms with Crippen LogP contribution in [0.1, 0.15) is 5.56 Å². The van der Waals surface area contributed by atoms with Gasteiger partial charge in [0.1, 0.15) is 0 Å². The SMILES string of the molecule is Cc1cc(-c2ccccn2)c(-c2cccnn2)cc1-c1ccccn1.